The van der Waals surface area contributed by atoms with Crippen molar-refractivity contribution in [1.82, 2.24) is 0 Å². The number of Topliss-reactive ketones (excluding diaryl/α,β-unsaturated/α-hetero) is 3. The normalized spacial score (nSPS) is 44.2. The highest BCUT2D eigenvalue weighted by atomic mass is 16.7. The van der Waals surface area contributed by atoms with Gasteiger partial charge in [0.1, 0.15) is 17.5 Å². The number of ketones is 3. The van der Waals surface area contributed by atoms with Gasteiger partial charge in [0.2, 0.25) is 0 Å². The lowest BCUT2D eigenvalue weighted by atomic mass is 9.57. The Bertz CT molecular complexity index is 1680. The van der Waals surface area contributed by atoms with Crippen LogP contribution in [0, 0.1) is 0 Å². The zero-order valence-corrected chi connectivity index (χ0v) is 29.0. The van der Waals surface area contributed by atoms with Crippen LogP contribution >= 0.6 is 0 Å². The molecule has 1 saturated carbocycles. The molecule has 4 fully saturated rings. The Morgan fingerprint density at radius 2 is 1.49 bits per heavy atom. The first-order valence-corrected chi connectivity index (χ1v) is 17.7. The Labute approximate surface area is 294 Å². The fourth-order valence-electron chi connectivity index (χ4n) is 8.60. The second kappa shape index (κ2) is 12.9. The number of phenols is 1. The van der Waals surface area contributed by atoms with E-state index < -0.39 is 120 Å². The van der Waals surface area contributed by atoms with Gasteiger partial charge in [-0.15, -0.1) is 0 Å². The maximum atomic E-state index is 14.6. The minimum Gasteiger partial charge on any atom is -0.507 e. The Hall–Kier alpha value is -2.89. The molecule has 14 nitrogen and oxygen atoms in total. The lowest BCUT2D eigenvalue weighted by molar-refractivity contribution is -0.282. The van der Waals surface area contributed by atoms with Crippen LogP contribution in [0.25, 0.3) is 0 Å². The van der Waals surface area contributed by atoms with Crippen LogP contribution in [0.3, 0.4) is 0 Å². The molecule has 6 aliphatic rings. The van der Waals surface area contributed by atoms with Crippen LogP contribution in [0.4, 0.5) is 0 Å². The number of rotatable bonds is 5. The lowest BCUT2D eigenvalue weighted by Crippen LogP contribution is -2.71. The van der Waals surface area contributed by atoms with Crippen molar-refractivity contribution < 1.29 is 68.7 Å². The molecule has 7 rings (SSSR count). The number of benzene rings is 1. The number of carbonyl (C=O) groups excluding carboxylic acids is 3. The van der Waals surface area contributed by atoms with Gasteiger partial charge in [0.05, 0.1) is 59.5 Å². The van der Waals surface area contributed by atoms with Gasteiger partial charge < -0.3 is 54.3 Å². The standard InChI is InChI=1S/C37H46O14/c1-16-22(38)7-9-27(48-16)50-25-13-24(47-18(3)31(25)41)19-5-6-20-29(32(19)42)33(43)21-11-12-36(46)15-35(4,45)14-26(40)37(36,30(21)34(20)44)51-28-10-8-23(39)17(2)49-28/h5-6,11-12,16-18,22-25,27-28,31,38-39,41-42,45-46H,7-10,13-15H2,1-4H3/t16?,17?,18?,22?,23?,24?,25?,27?,28?,31?,35-,36-,37-/m0/s1. The first-order valence-electron chi connectivity index (χ1n) is 17.7. The summed E-state index contributed by atoms with van der Waals surface area (Å²) in [4.78, 5) is 43.1. The maximum Gasteiger partial charge on any atom is 0.198 e. The Morgan fingerprint density at radius 3 is 2.16 bits per heavy atom. The number of allylic oxidation sites excluding steroid dienone is 2. The number of phenolic OH excluding ortho intramolecular Hbond substituents is 1. The number of hydrogen-bond acceptors (Lipinski definition) is 14. The van der Waals surface area contributed by atoms with E-state index in [9.17, 15) is 45.0 Å². The molecule has 0 bridgehead atoms. The van der Waals surface area contributed by atoms with Gasteiger partial charge in [0.15, 0.2) is 35.5 Å². The molecule has 1 aromatic rings. The quantitative estimate of drug-likeness (QED) is 0.255. The van der Waals surface area contributed by atoms with E-state index in [4.69, 9.17) is 23.7 Å². The van der Waals surface area contributed by atoms with Crippen LogP contribution in [0.2, 0.25) is 0 Å². The number of fused-ring (bicyclic) bond motifs is 3. The van der Waals surface area contributed by atoms with Gasteiger partial charge in [0, 0.05) is 48.8 Å². The van der Waals surface area contributed by atoms with Crippen LogP contribution in [-0.2, 0) is 28.5 Å². The van der Waals surface area contributed by atoms with Crippen LogP contribution in [0.1, 0.15) is 105 Å². The smallest absolute Gasteiger partial charge is 0.198 e. The SMILES string of the molecule is CC1OC(OC2CC(c3ccc4c(c3O)C(=O)C3=C(C4=O)[C@@]4(OC5CCC(O)C(C)O5)C(=O)C[C@](C)(O)C[C@@]4(O)C=C3)OC(C)C2O)CCC1O. The topological polar surface area (TPSA) is 219 Å². The van der Waals surface area contributed by atoms with E-state index in [1.807, 2.05) is 0 Å². The predicted molar refractivity (Wildman–Crippen MR) is 175 cm³/mol. The number of aromatic hydroxyl groups is 1. The van der Waals surface area contributed by atoms with Gasteiger partial charge in [-0.05, 0) is 52.7 Å². The highest BCUT2D eigenvalue weighted by Crippen LogP contribution is 2.54. The molecule has 0 spiro atoms. The molecule has 10 unspecified atom stereocenters. The predicted octanol–water partition coefficient (Wildman–Crippen LogP) is 1.61. The Morgan fingerprint density at radius 1 is 0.843 bits per heavy atom. The highest BCUT2D eigenvalue weighted by molar-refractivity contribution is 6.32. The first kappa shape index (κ1) is 36.5. The van der Waals surface area contributed by atoms with Crippen molar-refractivity contribution in [3.05, 3.63) is 52.1 Å². The first-order chi connectivity index (χ1) is 24.0. The van der Waals surface area contributed by atoms with Crippen molar-refractivity contribution in [2.24, 2.45) is 0 Å². The third-order valence-corrected chi connectivity index (χ3v) is 11.4. The molecule has 3 saturated heterocycles. The molecule has 3 aliphatic heterocycles. The number of aliphatic hydroxyl groups is 5. The van der Waals surface area contributed by atoms with Crippen LogP contribution in [0.15, 0.2) is 35.4 Å². The highest BCUT2D eigenvalue weighted by Gasteiger charge is 2.69. The molecule has 3 aliphatic carbocycles. The molecule has 3 heterocycles. The molecular weight excluding hydrogens is 668 g/mol. The molecular formula is C37H46O14. The fraction of sp³-hybridized carbons (Fsp3) is 0.649. The molecule has 0 radical (unpaired) electrons. The van der Waals surface area contributed by atoms with Gasteiger partial charge in [0.25, 0.3) is 0 Å². The summed E-state index contributed by atoms with van der Waals surface area (Å²) >= 11 is 0. The third-order valence-electron chi connectivity index (χ3n) is 11.4. The largest absolute Gasteiger partial charge is 0.507 e. The van der Waals surface area contributed by atoms with Gasteiger partial charge in [-0.2, -0.15) is 0 Å². The van der Waals surface area contributed by atoms with Crippen molar-refractivity contribution >= 4 is 17.3 Å². The van der Waals surface area contributed by atoms with Crippen molar-refractivity contribution in [3.8, 4) is 5.75 Å². The third kappa shape index (κ3) is 5.93. The molecule has 0 aromatic heterocycles. The van der Waals surface area contributed by atoms with Gasteiger partial charge >= 0.3 is 0 Å². The second-order valence-corrected chi connectivity index (χ2v) is 15.3. The summed E-state index contributed by atoms with van der Waals surface area (Å²) < 4.78 is 30.2. The maximum absolute atomic E-state index is 14.6. The van der Waals surface area contributed by atoms with Gasteiger partial charge in [-0.25, -0.2) is 0 Å². The van der Waals surface area contributed by atoms with E-state index in [0.29, 0.717) is 12.8 Å². The van der Waals surface area contributed by atoms with E-state index in [1.54, 1.807) is 20.8 Å². The average molecular weight is 715 g/mol. The lowest BCUT2D eigenvalue weighted by Gasteiger charge is -2.55. The average Bonchev–Trinajstić information content (AvgIpc) is 3.05. The Kier molecular flexibility index (Phi) is 9.23. The summed E-state index contributed by atoms with van der Waals surface area (Å²) in [5.41, 5.74) is -7.41. The number of hydrogen-bond donors (Lipinski definition) is 6. The minimum absolute atomic E-state index is 0.0670. The monoisotopic (exact) mass is 714 g/mol. The van der Waals surface area contributed by atoms with Crippen LogP contribution < -0.4 is 0 Å². The van der Waals surface area contributed by atoms with Crippen LogP contribution in [0.5, 0.6) is 5.75 Å². The summed E-state index contributed by atoms with van der Waals surface area (Å²) in [6.45, 7) is 6.39. The minimum atomic E-state index is -2.44. The fourth-order valence-corrected chi connectivity index (χ4v) is 8.60. The van der Waals surface area contributed by atoms with E-state index in [2.05, 4.69) is 0 Å². The van der Waals surface area contributed by atoms with E-state index in [1.165, 1.54) is 31.2 Å². The number of ether oxygens (including phenoxy) is 5. The summed E-state index contributed by atoms with van der Waals surface area (Å²) in [7, 11) is 0. The summed E-state index contributed by atoms with van der Waals surface area (Å²) in [5, 5.41) is 66.0. The van der Waals surface area contributed by atoms with E-state index >= 15 is 0 Å². The van der Waals surface area contributed by atoms with Crippen LogP contribution in [-0.4, -0.2) is 120 Å². The summed E-state index contributed by atoms with van der Waals surface area (Å²) in [5.74, 6) is -2.97. The molecule has 6 N–H and O–H groups in total. The van der Waals surface area contributed by atoms with Gasteiger partial charge in [-0.3, -0.25) is 14.4 Å². The van der Waals surface area contributed by atoms with Crippen molar-refractivity contribution in [3.63, 3.8) is 0 Å². The van der Waals surface area contributed by atoms with E-state index in [0.717, 1.165) is 0 Å². The zero-order chi connectivity index (χ0) is 36.8. The van der Waals surface area contributed by atoms with Crippen molar-refractivity contribution in [2.75, 3.05) is 0 Å². The summed E-state index contributed by atoms with van der Waals surface area (Å²) in [6.07, 6.45) is -5.05. The number of aliphatic hydroxyl groups excluding tert-OH is 3. The molecule has 14 heteroatoms. The molecule has 278 valence electrons. The molecule has 1 aromatic carbocycles. The Balaban J connectivity index is 1.24. The summed E-state index contributed by atoms with van der Waals surface area (Å²) in [6, 6.07) is 2.78. The zero-order valence-electron chi connectivity index (χ0n) is 29.0. The molecule has 0 amide bonds. The molecule has 51 heavy (non-hydrogen) atoms. The van der Waals surface area contributed by atoms with Crippen molar-refractivity contribution in [1.29, 1.82) is 0 Å². The van der Waals surface area contributed by atoms with Crippen molar-refractivity contribution in [2.45, 2.75) is 151 Å². The van der Waals surface area contributed by atoms with E-state index in [-0.39, 0.29) is 41.5 Å². The molecule has 13 atom stereocenters. The van der Waals surface area contributed by atoms with Gasteiger partial charge in [-0.1, -0.05) is 12.1 Å². The number of carbonyl (C=O) groups is 3. The second-order valence-electron chi connectivity index (χ2n) is 15.3.